The zero-order valence-corrected chi connectivity index (χ0v) is 13.7. The molecule has 1 aliphatic heterocycles. The van der Waals surface area contributed by atoms with Crippen LogP contribution in [0.5, 0.6) is 0 Å². The Labute approximate surface area is 127 Å². The van der Waals surface area contributed by atoms with E-state index in [0.717, 1.165) is 19.4 Å². The second-order valence-corrected chi connectivity index (χ2v) is 8.17. The lowest BCUT2D eigenvalue weighted by Crippen LogP contribution is -2.32. The first-order valence-corrected chi connectivity index (χ1v) is 9.39. The maximum absolute atomic E-state index is 12.3. The molecule has 1 atom stereocenters. The summed E-state index contributed by atoms with van der Waals surface area (Å²) in [5, 5.41) is 0. The summed E-state index contributed by atoms with van der Waals surface area (Å²) < 4.78 is 22.5. The number of rotatable bonds is 4. The molecule has 0 aromatic heterocycles. The Morgan fingerprint density at radius 3 is 2.71 bits per heavy atom. The van der Waals surface area contributed by atoms with E-state index in [4.69, 9.17) is 0 Å². The highest BCUT2D eigenvalue weighted by atomic mass is 32.2. The Kier molecular flexibility index (Phi) is 4.71. The maximum Gasteiger partial charge on any atom is 0.224 e. The van der Waals surface area contributed by atoms with Crippen LogP contribution in [0.2, 0.25) is 0 Å². The highest BCUT2D eigenvalue weighted by molar-refractivity contribution is 7.90. The molecule has 1 unspecified atom stereocenters. The van der Waals surface area contributed by atoms with Gasteiger partial charge in [0.25, 0.3) is 0 Å². The summed E-state index contributed by atoms with van der Waals surface area (Å²) in [5.74, 6) is -0.120. The molecule has 5 heteroatoms. The zero-order chi connectivity index (χ0) is 15.6. The van der Waals surface area contributed by atoms with E-state index in [2.05, 4.69) is 26.0 Å². The van der Waals surface area contributed by atoms with E-state index < -0.39 is 9.84 Å². The molecular formula is C16H23NO3S. The summed E-state index contributed by atoms with van der Waals surface area (Å²) in [7, 11) is -3.09. The van der Waals surface area contributed by atoms with Gasteiger partial charge in [-0.15, -0.1) is 0 Å². The number of hydrogen-bond acceptors (Lipinski definition) is 3. The highest BCUT2D eigenvalue weighted by Crippen LogP contribution is 2.34. The molecule has 0 spiro atoms. The number of amides is 1. The lowest BCUT2D eigenvalue weighted by Gasteiger charge is -2.27. The summed E-state index contributed by atoms with van der Waals surface area (Å²) in [5.41, 5.74) is 3.65. The standard InChI is InChI=1S/C16H23NO3S/c1-12-6-4-7-14(13(12)2)15-8-5-10-17(15)16(18)9-11-21(3,19)20/h4,6-7,15H,5,8-11H2,1-3H3. The number of likely N-dealkylation sites (tertiary alicyclic amines) is 1. The minimum Gasteiger partial charge on any atom is -0.336 e. The van der Waals surface area contributed by atoms with Crippen LogP contribution in [0.15, 0.2) is 18.2 Å². The summed E-state index contributed by atoms with van der Waals surface area (Å²) in [6, 6.07) is 6.27. The van der Waals surface area contributed by atoms with Gasteiger partial charge in [0.15, 0.2) is 0 Å². The smallest absolute Gasteiger partial charge is 0.224 e. The topological polar surface area (TPSA) is 54.5 Å². The normalized spacial score (nSPS) is 19.0. The van der Waals surface area contributed by atoms with E-state index in [1.165, 1.54) is 22.9 Å². The van der Waals surface area contributed by atoms with Gasteiger partial charge in [-0.05, 0) is 43.4 Å². The van der Waals surface area contributed by atoms with Crippen molar-refractivity contribution in [1.29, 1.82) is 0 Å². The van der Waals surface area contributed by atoms with Crippen LogP contribution in [0.3, 0.4) is 0 Å². The Morgan fingerprint density at radius 2 is 2.05 bits per heavy atom. The van der Waals surface area contributed by atoms with Crippen molar-refractivity contribution < 1.29 is 13.2 Å². The summed E-state index contributed by atoms with van der Waals surface area (Å²) >= 11 is 0. The van der Waals surface area contributed by atoms with Gasteiger partial charge < -0.3 is 4.90 Å². The minimum absolute atomic E-state index is 0.0520. The van der Waals surface area contributed by atoms with E-state index in [9.17, 15) is 13.2 Å². The number of aryl methyl sites for hydroxylation is 1. The van der Waals surface area contributed by atoms with Gasteiger partial charge in [-0.1, -0.05) is 18.2 Å². The highest BCUT2D eigenvalue weighted by Gasteiger charge is 2.31. The molecule has 1 saturated heterocycles. The SMILES string of the molecule is Cc1cccc(C2CCCN2C(=O)CCS(C)(=O)=O)c1C. The zero-order valence-electron chi connectivity index (χ0n) is 12.9. The van der Waals surface area contributed by atoms with Crippen molar-refractivity contribution >= 4 is 15.7 Å². The second kappa shape index (κ2) is 6.18. The lowest BCUT2D eigenvalue weighted by atomic mass is 9.96. The predicted molar refractivity (Wildman–Crippen MR) is 83.9 cm³/mol. The molecule has 0 bridgehead atoms. The molecule has 1 amide bonds. The van der Waals surface area contributed by atoms with Gasteiger partial charge in [-0.25, -0.2) is 8.42 Å². The van der Waals surface area contributed by atoms with Crippen LogP contribution in [-0.2, 0) is 14.6 Å². The molecule has 0 saturated carbocycles. The van der Waals surface area contributed by atoms with Crippen molar-refractivity contribution in [2.45, 2.75) is 39.2 Å². The van der Waals surface area contributed by atoms with Crippen LogP contribution in [0, 0.1) is 13.8 Å². The fourth-order valence-electron chi connectivity index (χ4n) is 2.94. The average molecular weight is 309 g/mol. The lowest BCUT2D eigenvalue weighted by molar-refractivity contribution is -0.131. The minimum atomic E-state index is -3.09. The maximum atomic E-state index is 12.3. The van der Waals surface area contributed by atoms with Gasteiger partial charge >= 0.3 is 0 Å². The van der Waals surface area contributed by atoms with Gasteiger partial charge in [0.2, 0.25) is 5.91 Å². The molecule has 1 aromatic carbocycles. The summed E-state index contributed by atoms with van der Waals surface area (Å²) in [6.45, 7) is 4.88. The van der Waals surface area contributed by atoms with Crippen molar-refractivity contribution in [1.82, 2.24) is 4.90 Å². The fourth-order valence-corrected chi connectivity index (χ4v) is 3.49. The van der Waals surface area contributed by atoms with E-state index in [1.54, 1.807) is 0 Å². The molecule has 0 radical (unpaired) electrons. The van der Waals surface area contributed by atoms with Crippen LogP contribution in [-0.4, -0.2) is 37.8 Å². The second-order valence-electron chi connectivity index (χ2n) is 5.91. The molecule has 4 nitrogen and oxygen atoms in total. The van der Waals surface area contributed by atoms with Crippen LogP contribution in [0.4, 0.5) is 0 Å². The first-order chi connectivity index (χ1) is 9.79. The number of nitrogens with zero attached hydrogens (tertiary/aromatic N) is 1. The quantitative estimate of drug-likeness (QED) is 0.858. The van der Waals surface area contributed by atoms with E-state index >= 15 is 0 Å². The van der Waals surface area contributed by atoms with E-state index in [1.807, 2.05) is 11.0 Å². The molecule has 1 fully saturated rings. The fraction of sp³-hybridized carbons (Fsp3) is 0.562. The van der Waals surface area contributed by atoms with Gasteiger partial charge in [-0.3, -0.25) is 4.79 Å². The molecule has 1 aliphatic rings. The molecule has 0 aliphatic carbocycles. The largest absolute Gasteiger partial charge is 0.336 e. The van der Waals surface area contributed by atoms with Crippen LogP contribution < -0.4 is 0 Å². The number of benzene rings is 1. The third-order valence-electron chi connectivity index (χ3n) is 4.27. The van der Waals surface area contributed by atoms with Gasteiger partial charge in [-0.2, -0.15) is 0 Å². The van der Waals surface area contributed by atoms with Crippen LogP contribution in [0.25, 0.3) is 0 Å². The Bertz CT molecular complexity index is 637. The van der Waals surface area contributed by atoms with E-state index in [0.29, 0.717) is 0 Å². The van der Waals surface area contributed by atoms with E-state index in [-0.39, 0.29) is 24.1 Å². The first-order valence-electron chi connectivity index (χ1n) is 7.33. The van der Waals surface area contributed by atoms with Gasteiger partial charge in [0, 0.05) is 19.2 Å². The van der Waals surface area contributed by atoms with Crippen molar-refractivity contribution in [2.24, 2.45) is 0 Å². The Morgan fingerprint density at radius 1 is 1.33 bits per heavy atom. The Balaban J connectivity index is 2.17. The van der Waals surface area contributed by atoms with Crippen molar-refractivity contribution in [3.63, 3.8) is 0 Å². The Hall–Kier alpha value is -1.36. The molecule has 2 rings (SSSR count). The monoisotopic (exact) mass is 309 g/mol. The molecule has 0 N–H and O–H groups in total. The number of sulfone groups is 1. The van der Waals surface area contributed by atoms with Crippen LogP contribution >= 0.6 is 0 Å². The molecule has 1 heterocycles. The third kappa shape index (κ3) is 3.84. The molecule has 21 heavy (non-hydrogen) atoms. The predicted octanol–water partition coefficient (Wildman–Crippen LogP) is 2.40. The molecule has 1 aromatic rings. The van der Waals surface area contributed by atoms with Crippen molar-refractivity contribution in [3.8, 4) is 0 Å². The number of carbonyl (C=O) groups is 1. The third-order valence-corrected chi connectivity index (χ3v) is 5.21. The van der Waals surface area contributed by atoms with Gasteiger partial charge in [0.05, 0.1) is 11.8 Å². The molecule has 116 valence electrons. The van der Waals surface area contributed by atoms with Gasteiger partial charge in [0.1, 0.15) is 9.84 Å². The van der Waals surface area contributed by atoms with Crippen LogP contribution in [0.1, 0.15) is 42.0 Å². The number of carbonyl (C=O) groups excluding carboxylic acids is 1. The summed E-state index contributed by atoms with van der Waals surface area (Å²) in [4.78, 5) is 14.2. The number of hydrogen-bond donors (Lipinski definition) is 0. The summed E-state index contributed by atoms with van der Waals surface area (Å²) in [6.07, 6.45) is 3.18. The van der Waals surface area contributed by atoms with Crippen molar-refractivity contribution in [2.75, 3.05) is 18.6 Å². The molecular weight excluding hydrogens is 286 g/mol. The average Bonchev–Trinajstić information content (AvgIpc) is 2.87. The van der Waals surface area contributed by atoms with Crippen molar-refractivity contribution in [3.05, 3.63) is 34.9 Å². The first kappa shape index (κ1) is 16.0.